The molecule has 1 aromatic heterocycles. The number of likely N-dealkylation sites (N-methyl/N-ethyl adjacent to an activating group) is 1. The molecular formula is C30H30N4O2. The summed E-state index contributed by atoms with van der Waals surface area (Å²) in [5.41, 5.74) is 9.53. The van der Waals surface area contributed by atoms with E-state index < -0.39 is 11.5 Å². The summed E-state index contributed by atoms with van der Waals surface area (Å²) in [7, 11) is 1.78. The van der Waals surface area contributed by atoms with Gasteiger partial charge in [-0.25, -0.2) is 0 Å². The number of aromatic nitrogens is 1. The standard InChI is InChI=1S/C30H30N4O2/c1-30(24-9-5-3-6-10-24,25-11-7-4-8-12-25)29(36)34(2)21-27(31)22-13-15-23(16-14-22)28(35)33-26-17-19-32-20-18-26/h3-20,27H,21,31H2,1-2H3,(H,32,33,35). The third-order valence-corrected chi connectivity index (χ3v) is 6.49. The fourth-order valence-electron chi connectivity index (χ4n) is 4.34. The second-order valence-corrected chi connectivity index (χ2v) is 8.96. The highest BCUT2D eigenvalue weighted by Gasteiger charge is 2.39. The molecule has 0 fully saturated rings. The molecule has 0 bridgehead atoms. The summed E-state index contributed by atoms with van der Waals surface area (Å²) in [4.78, 5) is 32.0. The maximum absolute atomic E-state index is 13.9. The van der Waals surface area contributed by atoms with Crippen LogP contribution in [-0.4, -0.2) is 35.3 Å². The van der Waals surface area contributed by atoms with Gasteiger partial charge in [-0.2, -0.15) is 0 Å². The van der Waals surface area contributed by atoms with E-state index in [4.69, 9.17) is 5.73 Å². The number of hydrogen-bond donors (Lipinski definition) is 2. The molecule has 4 aromatic rings. The Labute approximate surface area is 211 Å². The number of carbonyl (C=O) groups excluding carboxylic acids is 2. The Morgan fingerprint density at radius 3 is 1.92 bits per heavy atom. The minimum Gasteiger partial charge on any atom is -0.343 e. The molecule has 3 aromatic carbocycles. The van der Waals surface area contributed by atoms with E-state index in [-0.39, 0.29) is 11.8 Å². The predicted molar refractivity (Wildman–Crippen MR) is 143 cm³/mol. The minimum absolute atomic E-state index is 0.0382. The van der Waals surface area contributed by atoms with E-state index in [1.54, 1.807) is 48.6 Å². The zero-order valence-electron chi connectivity index (χ0n) is 20.5. The first kappa shape index (κ1) is 24.8. The van der Waals surface area contributed by atoms with Crippen molar-refractivity contribution in [2.75, 3.05) is 18.9 Å². The highest BCUT2D eigenvalue weighted by molar-refractivity contribution is 6.04. The van der Waals surface area contributed by atoms with Gasteiger partial charge in [0.2, 0.25) is 5.91 Å². The second kappa shape index (κ2) is 11.0. The van der Waals surface area contributed by atoms with Crippen molar-refractivity contribution in [3.8, 4) is 0 Å². The average molecular weight is 479 g/mol. The number of hydrogen-bond acceptors (Lipinski definition) is 4. The topological polar surface area (TPSA) is 88.3 Å². The maximum Gasteiger partial charge on any atom is 0.255 e. The van der Waals surface area contributed by atoms with Crippen molar-refractivity contribution >= 4 is 17.5 Å². The zero-order chi connectivity index (χ0) is 25.5. The first-order valence-corrected chi connectivity index (χ1v) is 11.8. The van der Waals surface area contributed by atoms with Crippen LogP contribution in [0.4, 0.5) is 5.69 Å². The highest BCUT2D eigenvalue weighted by atomic mass is 16.2. The number of nitrogens with zero attached hydrogens (tertiary/aromatic N) is 2. The number of pyridine rings is 1. The van der Waals surface area contributed by atoms with Gasteiger partial charge in [-0.05, 0) is 47.9 Å². The van der Waals surface area contributed by atoms with Crippen molar-refractivity contribution in [3.63, 3.8) is 0 Å². The molecular weight excluding hydrogens is 448 g/mol. The third-order valence-electron chi connectivity index (χ3n) is 6.49. The van der Waals surface area contributed by atoms with Gasteiger partial charge in [0.1, 0.15) is 0 Å². The van der Waals surface area contributed by atoms with E-state index in [1.165, 1.54) is 0 Å². The summed E-state index contributed by atoms with van der Waals surface area (Å²) in [6, 6.07) is 29.8. The van der Waals surface area contributed by atoms with E-state index in [1.807, 2.05) is 79.7 Å². The van der Waals surface area contributed by atoms with Crippen molar-refractivity contribution in [1.29, 1.82) is 0 Å². The highest BCUT2D eigenvalue weighted by Crippen LogP contribution is 2.34. The molecule has 182 valence electrons. The molecule has 0 saturated carbocycles. The molecule has 2 amide bonds. The molecule has 4 rings (SSSR count). The van der Waals surface area contributed by atoms with Crippen molar-refractivity contribution in [3.05, 3.63) is 132 Å². The number of rotatable bonds is 8. The molecule has 6 nitrogen and oxygen atoms in total. The fourth-order valence-corrected chi connectivity index (χ4v) is 4.34. The van der Waals surface area contributed by atoms with Crippen LogP contribution in [0.25, 0.3) is 0 Å². The summed E-state index contributed by atoms with van der Waals surface area (Å²) in [6.45, 7) is 2.29. The van der Waals surface area contributed by atoms with Crippen LogP contribution in [0.5, 0.6) is 0 Å². The van der Waals surface area contributed by atoms with Gasteiger partial charge in [0.15, 0.2) is 0 Å². The molecule has 0 radical (unpaired) electrons. The number of benzene rings is 3. The smallest absolute Gasteiger partial charge is 0.255 e. The van der Waals surface area contributed by atoms with Gasteiger partial charge in [-0.15, -0.1) is 0 Å². The Kier molecular flexibility index (Phi) is 7.56. The van der Waals surface area contributed by atoms with Crippen LogP contribution >= 0.6 is 0 Å². The van der Waals surface area contributed by atoms with E-state index >= 15 is 0 Å². The van der Waals surface area contributed by atoms with E-state index in [2.05, 4.69) is 10.3 Å². The lowest BCUT2D eigenvalue weighted by atomic mass is 9.75. The third kappa shape index (κ3) is 5.34. The Hall–Kier alpha value is -4.29. The molecule has 3 N–H and O–H groups in total. The molecule has 0 aliphatic heterocycles. The predicted octanol–water partition coefficient (Wildman–Crippen LogP) is 4.80. The van der Waals surface area contributed by atoms with E-state index in [9.17, 15) is 9.59 Å². The largest absolute Gasteiger partial charge is 0.343 e. The first-order chi connectivity index (χ1) is 17.4. The van der Waals surface area contributed by atoms with Gasteiger partial charge in [-0.1, -0.05) is 72.8 Å². The summed E-state index contributed by atoms with van der Waals surface area (Å²) >= 11 is 0. The van der Waals surface area contributed by atoms with Crippen LogP contribution in [0.2, 0.25) is 0 Å². The van der Waals surface area contributed by atoms with Crippen molar-refractivity contribution in [2.24, 2.45) is 5.73 Å². The van der Waals surface area contributed by atoms with Crippen LogP contribution in [-0.2, 0) is 10.2 Å². The Morgan fingerprint density at radius 2 is 1.39 bits per heavy atom. The Bertz CT molecular complexity index is 1250. The molecule has 6 heteroatoms. The maximum atomic E-state index is 13.9. The number of nitrogens with two attached hydrogens (primary N) is 1. The first-order valence-electron chi connectivity index (χ1n) is 11.8. The van der Waals surface area contributed by atoms with Crippen LogP contribution in [0, 0.1) is 0 Å². The van der Waals surface area contributed by atoms with Crippen molar-refractivity contribution in [2.45, 2.75) is 18.4 Å². The summed E-state index contributed by atoms with van der Waals surface area (Å²) in [5, 5.41) is 2.84. The monoisotopic (exact) mass is 478 g/mol. The lowest BCUT2D eigenvalue weighted by molar-refractivity contribution is -0.134. The van der Waals surface area contributed by atoms with E-state index in [0.717, 1.165) is 16.7 Å². The van der Waals surface area contributed by atoms with Crippen LogP contribution in [0.15, 0.2) is 109 Å². The van der Waals surface area contributed by atoms with Crippen molar-refractivity contribution in [1.82, 2.24) is 9.88 Å². The van der Waals surface area contributed by atoms with Crippen molar-refractivity contribution < 1.29 is 9.59 Å². The second-order valence-electron chi connectivity index (χ2n) is 8.96. The molecule has 0 aliphatic carbocycles. The minimum atomic E-state index is -0.855. The Morgan fingerprint density at radius 1 is 0.861 bits per heavy atom. The molecule has 0 aliphatic rings. The average Bonchev–Trinajstić information content (AvgIpc) is 2.93. The van der Waals surface area contributed by atoms with Gasteiger partial charge in [0.05, 0.1) is 5.41 Å². The molecule has 1 heterocycles. The zero-order valence-corrected chi connectivity index (χ0v) is 20.5. The lowest BCUT2D eigenvalue weighted by Crippen LogP contribution is -2.46. The molecule has 36 heavy (non-hydrogen) atoms. The number of nitrogens with one attached hydrogen (secondary N) is 1. The van der Waals surface area contributed by atoms with Crippen LogP contribution < -0.4 is 11.1 Å². The van der Waals surface area contributed by atoms with Crippen LogP contribution in [0.3, 0.4) is 0 Å². The molecule has 1 atom stereocenters. The molecule has 0 saturated heterocycles. The number of carbonyl (C=O) groups is 2. The number of amides is 2. The van der Waals surface area contributed by atoms with Crippen LogP contribution in [0.1, 0.15) is 40.0 Å². The SMILES string of the molecule is CN(CC(N)c1ccc(C(=O)Nc2ccncc2)cc1)C(=O)C(C)(c1ccccc1)c1ccccc1. The summed E-state index contributed by atoms with van der Waals surface area (Å²) < 4.78 is 0. The Balaban J connectivity index is 1.48. The van der Waals surface area contributed by atoms with Gasteiger partial charge in [0.25, 0.3) is 5.91 Å². The quantitative estimate of drug-likeness (QED) is 0.381. The summed E-state index contributed by atoms with van der Waals surface area (Å²) in [5.74, 6) is -0.251. The van der Waals surface area contributed by atoms with Gasteiger partial charge in [0, 0.05) is 43.3 Å². The van der Waals surface area contributed by atoms with Gasteiger partial charge in [-0.3, -0.25) is 14.6 Å². The normalized spacial score (nSPS) is 12.0. The van der Waals surface area contributed by atoms with E-state index in [0.29, 0.717) is 17.8 Å². The molecule has 1 unspecified atom stereocenters. The number of anilines is 1. The molecule has 0 spiro atoms. The summed E-state index contributed by atoms with van der Waals surface area (Å²) in [6.07, 6.45) is 3.24. The fraction of sp³-hybridized carbons (Fsp3) is 0.167. The lowest BCUT2D eigenvalue weighted by Gasteiger charge is -2.35. The van der Waals surface area contributed by atoms with Gasteiger partial charge < -0.3 is 16.0 Å². The van der Waals surface area contributed by atoms with Gasteiger partial charge >= 0.3 is 0 Å².